The molecule has 1 fully saturated rings. The zero-order valence-electron chi connectivity index (χ0n) is 20.5. The molecule has 0 spiro atoms. The number of aromatic nitrogens is 1. The summed E-state index contributed by atoms with van der Waals surface area (Å²) in [5.41, 5.74) is 3.45. The number of amides is 1. The minimum atomic E-state index is -0.215. The molecule has 1 amide bonds. The van der Waals surface area contributed by atoms with Gasteiger partial charge >= 0.3 is 0 Å². The number of likely N-dealkylation sites (tertiary alicyclic amines) is 1. The molecule has 190 valence electrons. The van der Waals surface area contributed by atoms with Gasteiger partial charge in [0.2, 0.25) is 0 Å². The number of rotatable bonds is 8. The van der Waals surface area contributed by atoms with E-state index in [0.717, 1.165) is 32.5 Å². The monoisotopic (exact) mass is 516 g/mol. The zero-order valence-corrected chi connectivity index (χ0v) is 21.3. The Hall–Kier alpha value is -3.55. The minimum Gasteiger partial charge on any atom is -0.488 e. The Morgan fingerprint density at radius 1 is 1.11 bits per heavy atom. The maximum absolute atomic E-state index is 12.9. The van der Waals surface area contributed by atoms with Crippen molar-refractivity contribution in [3.8, 4) is 5.75 Å². The predicted octanol–water partition coefficient (Wildman–Crippen LogP) is 5.11. The lowest BCUT2D eigenvalue weighted by Gasteiger charge is -2.32. The second-order valence-corrected chi connectivity index (χ2v) is 9.92. The number of benzene rings is 2. The number of pyridine rings is 1. The molecule has 2 aliphatic heterocycles. The molecule has 2 aromatic carbocycles. The number of Topliss-reactive ketones (excluding diaryl/α,β-unsaturated/α-hetero) is 1. The van der Waals surface area contributed by atoms with Crippen molar-refractivity contribution in [3.05, 3.63) is 88.7 Å². The Bertz CT molecular complexity index is 1300. The highest BCUT2D eigenvalue weighted by molar-refractivity contribution is 6.33. The third-order valence-corrected chi connectivity index (χ3v) is 7.17. The molecule has 0 atom stereocenters. The van der Waals surface area contributed by atoms with Crippen molar-refractivity contribution < 1.29 is 14.3 Å². The van der Waals surface area contributed by atoms with Crippen LogP contribution in [0.15, 0.2) is 72.0 Å². The number of ether oxygens (including phenoxy) is 1. The molecule has 0 aliphatic carbocycles. The molecule has 1 N–H and O–H groups in total. The first-order valence-corrected chi connectivity index (χ1v) is 12.9. The van der Waals surface area contributed by atoms with Crippen LogP contribution >= 0.6 is 11.6 Å². The van der Waals surface area contributed by atoms with Gasteiger partial charge in [0.1, 0.15) is 12.4 Å². The molecule has 1 saturated heterocycles. The van der Waals surface area contributed by atoms with E-state index in [1.54, 1.807) is 36.7 Å². The van der Waals surface area contributed by atoms with Crippen molar-refractivity contribution in [2.45, 2.75) is 25.8 Å². The Labute approximate surface area is 221 Å². The van der Waals surface area contributed by atoms with E-state index >= 15 is 0 Å². The summed E-state index contributed by atoms with van der Waals surface area (Å²) in [6.45, 7) is 3.77. The number of carbonyl (C=O) groups is 2. The maximum atomic E-state index is 12.9. The van der Waals surface area contributed by atoms with Gasteiger partial charge in [0, 0.05) is 24.8 Å². The number of hydrogen-bond donors (Lipinski definition) is 1. The van der Waals surface area contributed by atoms with E-state index in [0.29, 0.717) is 45.8 Å². The first-order valence-electron chi connectivity index (χ1n) is 12.6. The van der Waals surface area contributed by atoms with E-state index in [4.69, 9.17) is 16.3 Å². The Morgan fingerprint density at radius 3 is 2.73 bits per heavy atom. The van der Waals surface area contributed by atoms with Crippen LogP contribution in [0.25, 0.3) is 0 Å². The van der Waals surface area contributed by atoms with Gasteiger partial charge < -0.3 is 10.1 Å². The van der Waals surface area contributed by atoms with Crippen LogP contribution in [0.5, 0.6) is 5.75 Å². The van der Waals surface area contributed by atoms with Crippen molar-refractivity contribution in [1.29, 1.82) is 0 Å². The van der Waals surface area contributed by atoms with Gasteiger partial charge in [0.15, 0.2) is 5.78 Å². The topological polar surface area (TPSA) is 83.9 Å². The first-order chi connectivity index (χ1) is 18.0. The molecule has 3 aromatic rings. The van der Waals surface area contributed by atoms with E-state index in [1.807, 2.05) is 6.07 Å². The van der Waals surface area contributed by atoms with Crippen LogP contribution in [0.1, 0.15) is 45.5 Å². The molecular weight excluding hydrogens is 488 g/mol. The van der Waals surface area contributed by atoms with Crippen LogP contribution in [0, 0.1) is 5.92 Å². The van der Waals surface area contributed by atoms with E-state index in [1.165, 1.54) is 5.56 Å². The molecule has 5 rings (SSSR count). The fraction of sp³-hybridized carbons (Fsp3) is 0.310. The average molecular weight is 517 g/mol. The second kappa shape index (κ2) is 11.7. The van der Waals surface area contributed by atoms with Crippen molar-refractivity contribution >= 4 is 34.7 Å². The predicted molar refractivity (Wildman–Crippen MR) is 144 cm³/mol. The summed E-state index contributed by atoms with van der Waals surface area (Å²) in [4.78, 5) is 36.3. The second-order valence-electron chi connectivity index (χ2n) is 9.52. The lowest BCUT2D eigenvalue weighted by molar-refractivity contribution is 0.0934. The number of carbonyl (C=O) groups excluding carboxylic acids is 2. The molecular formula is C29H29ClN4O3. The van der Waals surface area contributed by atoms with E-state index < -0.39 is 0 Å². The molecule has 0 saturated carbocycles. The fourth-order valence-corrected chi connectivity index (χ4v) is 4.95. The van der Waals surface area contributed by atoms with Gasteiger partial charge in [-0.2, -0.15) is 0 Å². The molecule has 0 unspecified atom stereocenters. The molecule has 3 heterocycles. The molecule has 1 aromatic heterocycles. The van der Waals surface area contributed by atoms with Crippen molar-refractivity contribution in [3.63, 3.8) is 0 Å². The standard InChI is InChI=1S/C29H29ClN4O3/c30-26-7-6-23(37-19-22-14-28(35)24-8-11-31-17-27(24)33-22)15-25(26)29(36)32-16-20-9-12-34(13-10-20)18-21-4-2-1-3-5-21/h1-8,11,15,17,20H,9-10,12-14,16,18-19H2,(H,32,36). The van der Waals surface area contributed by atoms with Crippen LogP contribution in [-0.4, -0.2) is 53.5 Å². The third kappa shape index (κ3) is 6.42. The highest BCUT2D eigenvalue weighted by atomic mass is 35.5. The molecule has 7 nitrogen and oxygen atoms in total. The number of nitrogens with one attached hydrogen (secondary N) is 1. The third-order valence-electron chi connectivity index (χ3n) is 6.84. The lowest BCUT2D eigenvalue weighted by atomic mass is 9.96. The summed E-state index contributed by atoms with van der Waals surface area (Å²) in [6.07, 6.45) is 5.45. The Kier molecular flexibility index (Phi) is 7.92. The SMILES string of the molecule is O=C(NCC1CCN(Cc2ccccc2)CC1)c1cc(OCC2=Nc3cnccc3C(=O)C2)ccc1Cl. The maximum Gasteiger partial charge on any atom is 0.252 e. The Morgan fingerprint density at radius 2 is 1.92 bits per heavy atom. The number of hydrogen-bond acceptors (Lipinski definition) is 6. The van der Waals surface area contributed by atoms with E-state index in [2.05, 4.69) is 44.5 Å². The van der Waals surface area contributed by atoms with Gasteiger partial charge in [0.25, 0.3) is 5.91 Å². The number of ketones is 1. The summed E-state index contributed by atoms with van der Waals surface area (Å²) in [7, 11) is 0. The highest BCUT2D eigenvalue weighted by Crippen LogP contribution is 2.26. The van der Waals surface area contributed by atoms with Crippen molar-refractivity contribution in [1.82, 2.24) is 15.2 Å². The number of fused-ring (bicyclic) bond motifs is 1. The largest absolute Gasteiger partial charge is 0.488 e. The zero-order chi connectivity index (χ0) is 25.6. The molecule has 0 radical (unpaired) electrons. The molecule has 8 heteroatoms. The number of piperidine rings is 1. The van der Waals surface area contributed by atoms with Crippen molar-refractivity contribution in [2.24, 2.45) is 10.9 Å². The van der Waals surface area contributed by atoms with E-state index in [-0.39, 0.29) is 24.7 Å². The molecule has 0 bridgehead atoms. The quantitative estimate of drug-likeness (QED) is 0.449. The number of aliphatic imine (C=N–C) groups is 1. The first kappa shape index (κ1) is 25.1. The van der Waals surface area contributed by atoms with Gasteiger partial charge in [-0.05, 0) is 61.7 Å². The van der Waals surface area contributed by atoms with Crippen LogP contribution in [0.2, 0.25) is 5.02 Å². The molecule has 2 aliphatic rings. The van der Waals surface area contributed by atoms with Crippen LogP contribution in [0.3, 0.4) is 0 Å². The minimum absolute atomic E-state index is 0.00641. The molecule has 37 heavy (non-hydrogen) atoms. The smallest absolute Gasteiger partial charge is 0.252 e. The van der Waals surface area contributed by atoms with E-state index in [9.17, 15) is 9.59 Å². The van der Waals surface area contributed by atoms with Crippen LogP contribution in [-0.2, 0) is 6.54 Å². The van der Waals surface area contributed by atoms with Gasteiger partial charge in [-0.25, -0.2) is 0 Å². The van der Waals surface area contributed by atoms with Gasteiger partial charge in [-0.1, -0.05) is 41.9 Å². The fourth-order valence-electron chi connectivity index (χ4n) is 4.74. The van der Waals surface area contributed by atoms with Gasteiger partial charge in [-0.3, -0.25) is 24.5 Å². The number of halogens is 1. The summed E-state index contributed by atoms with van der Waals surface area (Å²) < 4.78 is 5.86. The van der Waals surface area contributed by atoms with Crippen molar-refractivity contribution in [2.75, 3.05) is 26.2 Å². The summed E-state index contributed by atoms with van der Waals surface area (Å²) in [5.74, 6) is 0.713. The average Bonchev–Trinajstić information content (AvgIpc) is 2.93. The number of nitrogens with zero attached hydrogens (tertiary/aromatic N) is 3. The summed E-state index contributed by atoms with van der Waals surface area (Å²) in [6, 6.07) is 17.2. The summed E-state index contributed by atoms with van der Waals surface area (Å²) in [5, 5.41) is 3.42. The normalized spacial score (nSPS) is 16.1. The Balaban J connectivity index is 1.12. The van der Waals surface area contributed by atoms with Gasteiger partial charge in [-0.15, -0.1) is 0 Å². The van der Waals surface area contributed by atoms with Crippen LogP contribution in [0.4, 0.5) is 5.69 Å². The van der Waals surface area contributed by atoms with Crippen LogP contribution < -0.4 is 10.1 Å². The summed E-state index contributed by atoms with van der Waals surface area (Å²) >= 11 is 6.33. The highest BCUT2D eigenvalue weighted by Gasteiger charge is 2.22. The van der Waals surface area contributed by atoms with Gasteiger partial charge in [0.05, 0.1) is 34.6 Å². The lowest BCUT2D eigenvalue weighted by Crippen LogP contribution is -2.38.